The molecular weight excluding hydrogens is 322 g/mol. The minimum Gasteiger partial charge on any atom is -0.465 e. The largest absolute Gasteiger partial charge is 0.465 e. The molecule has 0 atom stereocenters. The minimum atomic E-state index is -0.559. The van der Waals surface area contributed by atoms with Gasteiger partial charge in [-0.3, -0.25) is 4.79 Å². The number of benzene rings is 1. The molecule has 0 aliphatic carbocycles. The smallest absolute Gasteiger partial charge is 0.340 e. The van der Waals surface area contributed by atoms with E-state index < -0.39 is 5.97 Å². The Kier molecular flexibility index (Phi) is 5.95. The van der Waals surface area contributed by atoms with E-state index in [0.29, 0.717) is 31.9 Å². The zero-order chi connectivity index (χ0) is 16.8. The van der Waals surface area contributed by atoms with Gasteiger partial charge < -0.3 is 20.1 Å². The number of carbonyl (C=O) groups excluding carboxylic acids is 2. The van der Waals surface area contributed by atoms with Gasteiger partial charge in [0.15, 0.2) is 0 Å². The molecule has 1 heterocycles. The summed E-state index contributed by atoms with van der Waals surface area (Å²) in [7, 11) is 1.27. The molecule has 0 radical (unpaired) electrons. The van der Waals surface area contributed by atoms with Crippen LogP contribution in [-0.2, 0) is 9.47 Å². The zero-order valence-electron chi connectivity index (χ0n) is 12.8. The molecule has 1 saturated heterocycles. The maximum Gasteiger partial charge on any atom is 0.340 e. The van der Waals surface area contributed by atoms with E-state index in [2.05, 4.69) is 4.99 Å². The lowest BCUT2D eigenvalue weighted by Gasteiger charge is -2.27. The second-order valence-corrected chi connectivity index (χ2v) is 5.13. The van der Waals surface area contributed by atoms with Gasteiger partial charge in [0, 0.05) is 18.7 Å². The van der Waals surface area contributed by atoms with Gasteiger partial charge >= 0.3 is 5.97 Å². The van der Waals surface area contributed by atoms with Gasteiger partial charge in [-0.1, -0.05) is 0 Å². The summed E-state index contributed by atoms with van der Waals surface area (Å²) in [6, 6.07) is 4.59. The Morgan fingerprint density at radius 3 is 2.70 bits per heavy atom. The van der Waals surface area contributed by atoms with Gasteiger partial charge in [-0.25, -0.2) is 9.79 Å². The highest BCUT2D eigenvalue weighted by Gasteiger charge is 2.21. The van der Waals surface area contributed by atoms with Gasteiger partial charge in [-0.15, -0.1) is 11.6 Å². The van der Waals surface area contributed by atoms with E-state index in [1.165, 1.54) is 19.2 Å². The normalized spacial score (nSPS) is 15.4. The lowest BCUT2D eigenvalue weighted by atomic mass is 10.1. The second-order valence-electron chi connectivity index (χ2n) is 4.86. The van der Waals surface area contributed by atoms with Crippen LogP contribution in [0.25, 0.3) is 0 Å². The van der Waals surface area contributed by atoms with Gasteiger partial charge in [0.25, 0.3) is 5.91 Å². The number of ether oxygens (including phenoxy) is 2. The lowest BCUT2D eigenvalue weighted by molar-refractivity contribution is 0.0302. The van der Waals surface area contributed by atoms with E-state index in [-0.39, 0.29) is 28.9 Å². The third kappa shape index (κ3) is 4.20. The van der Waals surface area contributed by atoms with Crippen molar-refractivity contribution in [3.8, 4) is 0 Å². The first-order chi connectivity index (χ1) is 11.1. The summed E-state index contributed by atoms with van der Waals surface area (Å²) in [6.45, 7) is 2.08. The van der Waals surface area contributed by atoms with Crippen LogP contribution in [0.5, 0.6) is 0 Å². The summed E-state index contributed by atoms with van der Waals surface area (Å²) in [4.78, 5) is 30.1. The van der Waals surface area contributed by atoms with E-state index in [1.807, 2.05) is 0 Å². The number of hydrogen-bond donors (Lipinski definition) is 1. The number of nitrogens with zero attached hydrogens (tertiary/aromatic N) is 2. The minimum absolute atomic E-state index is 0.0161. The maximum absolute atomic E-state index is 12.5. The highest BCUT2D eigenvalue weighted by molar-refractivity contribution is 6.28. The van der Waals surface area contributed by atoms with Crippen molar-refractivity contribution in [1.29, 1.82) is 0 Å². The summed E-state index contributed by atoms with van der Waals surface area (Å²) in [5, 5.41) is 0. The highest BCUT2D eigenvalue weighted by atomic mass is 35.5. The fourth-order valence-electron chi connectivity index (χ4n) is 2.17. The number of nitrogens with two attached hydrogens (primary N) is 1. The van der Waals surface area contributed by atoms with Gasteiger partial charge in [-0.05, 0) is 18.2 Å². The first kappa shape index (κ1) is 17.2. The van der Waals surface area contributed by atoms with Crippen molar-refractivity contribution in [1.82, 2.24) is 4.90 Å². The number of amidine groups is 1. The van der Waals surface area contributed by atoms with E-state index in [1.54, 1.807) is 11.0 Å². The molecular formula is C15H18ClN3O4. The number of rotatable bonds is 4. The number of alkyl halides is 1. The van der Waals surface area contributed by atoms with Crippen LogP contribution in [0.4, 0.5) is 5.69 Å². The summed E-state index contributed by atoms with van der Waals surface area (Å²) >= 11 is 5.63. The van der Waals surface area contributed by atoms with E-state index >= 15 is 0 Å². The van der Waals surface area contributed by atoms with Crippen LogP contribution in [0, 0.1) is 0 Å². The zero-order valence-corrected chi connectivity index (χ0v) is 13.5. The second kappa shape index (κ2) is 7.94. The van der Waals surface area contributed by atoms with Crippen LogP contribution in [0.1, 0.15) is 20.7 Å². The molecule has 1 aliphatic rings. The summed E-state index contributed by atoms with van der Waals surface area (Å²) in [5.74, 6) is -0.544. The first-order valence-corrected chi connectivity index (χ1v) is 7.58. The molecule has 1 aromatic rings. The molecule has 23 heavy (non-hydrogen) atoms. The van der Waals surface area contributed by atoms with Gasteiger partial charge in [0.1, 0.15) is 5.84 Å². The molecule has 0 bridgehead atoms. The van der Waals surface area contributed by atoms with Crippen molar-refractivity contribution >= 4 is 35.0 Å². The van der Waals surface area contributed by atoms with Crippen LogP contribution in [0.3, 0.4) is 0 Å². The topological polar surface area (TPSA) is 94.2 Å². The molecule has 0 saturated carbocycles. The van der Waals surface area contributed by atoms with Crippen molar-refractivity contribution in [3.05, 3.63) is 29.3 Å². The molecule has 1 aromatic carbocycles. The van der Waals surface area contributed by atoms with Crippen molar-refractivity contribution < 1.29 is 19.1 Å². The fourth-order valence-corrected chi connectivity index (χ4v) is 2.23. The van der Waals surface area contributed by atoms with Crippen LogP contribution in [0.2, 0.25) is 0 Å². The number of esters is 1. The highest BCUT2D eigenvalue weighted by Crippen LogP contribution is 2.23. The Labute approximate surface area is 139 Å². The average molecular weight is 340 g/mol. The van der Waals surface area contributed by atoms with Gasteiger partial charge in [-0.2, -0.15) is 0 Å². The lowest BCUT2D eigenvalue weighted by Crippen LogP contribution is -2.40. The number of amides is 1. The molecule has 1 amide bonds. The van der Waals surface area contributed by atoms with Crippen molar-refractivity contribution in [2.75, 3.05) is 39.3 Å². The van der Waals surface area contributed by atoms with Crippen LogP contribution >= 0.6 is 11.6 Å². The molecule has 1 aliphatic heterocycles. The molecule has 0 spiro atoms. The number of halogens is 1. The predicted octanol–water partition coefficient (Wildman–Crippen LogP) is 1.17. The van der Waals surface area contributed by atoms with Crippen LogP contribution in [0.15, 0.2) is 23.2 Å². The number of morpholine rings is 1. The van der Waals surface area contributed by atoms with E-state index in [9.17, 15) is 9.59 Å². The van der Waals surface area contributed by atoms with Crippen molar-refractivity contribution in [2.45, 2.75) is 0 Å². The molecule has 2 rings (SSSR count). The number of hydrogen-bond acceptors (Lipinski definition) is 5. The number of methoxy groups -OCH3 is 1. The molecule has 2 N–H and O–H groups in total. The number of aliphatic imine (C=N–C) groups is 1. The van der Waals surface area contributed by atoms with Crippen molar-refractivity contribution in [2.24, 2.45) is 10.7 Å². The molecule has 7 nitrogen and oxygen atoms in total. The predicted molar refractivity (Wildman–Crippen MR) is 86.5 cm³/mol. The van der Waals surface area contributed by atoms with Crippen LogP contribution in [-0.4, -0.2) is 61.9 Å². The number of carbonyl (C=O) groups is 2. The SMILES string of the molecule is COC(=O)c1ccc(C(=O)N2CCOCC2)cc1N=C(N)CCl. The van der Waals surface area contributed by atoms with E-state index in [4.69, 9.17) is 26.8 Å². The molecule has 0 aromatic heterocycles. The Morgan fingerprint density at radius 1 is 1.39 bits per heavy atom. The van der Waals surface area contributed by atoms with Crippen molar-refractivity contribution in [3.63, 3.8) is 0 Å². The monoisotopic (exact) mass is 339 g/mol. The standard InChI is InChI=1S/C15H18ClN3O4/c1-22-15(21)11-3-2-10(8-12(11)18-13(17)9-16)14(20)19-4-6-23-7-5-19/h2-3,8H,4-7,9H2,1H3,(H2,17,18). The Morgan fingerprint density at radius 2 is 2.09 bits per heavy atom. The maximum atomic E-state index is 12.5. The third-order valence-corrected chi connectivity index (χ3v) is 3.62. The molecule has 0 unspecified atom stereocenters. The third-order valence-electron chi connectivity index (χ3n) is 3.35. The fraction of sp³-hybridized carbons (Fsp3) is 0.400. The van der Waals surface area contributed by atoms with Crippen LogP contribution < -0.4 is 5.73 Å². The van der Waals surface area contributed by atoms with Gasteiger partial charge in [0.05, 0.1) is 37.5 Å². The van der Waals surface area contributed by atoms with E-state index in [0.717, 1.165) is 0 Å². The Bertz CT molecular complexity index is 627. The molecule has 8 heteroatoms. The Balaban J connectivity index is 2.36. The van der Waals surface area contributed by atoms with Gasteiger partial charge in [0.2, 0.25) is 0 Å². The Hall–Kier alpha value is -2.12. The average Bonchev–Trinajstić information content (AvgIpc) is 2.61. The quantitative estimate of drug-likeness (QED) is 0.384. The summed E-state index contributed by atoms with van der Waals surface area (Å²) in [5.41, 5.74) is 6.54. The molecule has 124 valence electrons. The first-order valence-electron chi connectivity index (χ1n) is 7.05. The summed E-state index contributed by atoms with van der Waals surface area (Å²) in [6.07, 6.45) is 0. The molecule has 1 fully saturated rings. The summed E-state index contributed by atoms with van der Waals surface area (Å²) < 4.78 is 9.95.